The van der Waals surface area contributed by atoms with E-state index in [0.717, 1.165) is 26.0 Å². The Morgan fingerprint density at radius 3 is 2.61 bits per heavy atom. The first-order valence-electron chi connectivity index (χ1n) is 14.1. The number of alkyl carbamates (subject to hydrolysis) is 1. The van der Waals surface area contributed by atoms with Gasteiger partial charge in [0.25, 0.3) is 5.56 Å². The van der Waals surface area contributed by atoms with Crippen molar-refractivity contribution in [3.63, 3.8) is 0 Å². The molecule has 44 heavy (non-hydrogen) atoms. The van der Waals surface area contributed by atoms with Gasteiger partial charge in [0.05, 0.1) is 13.7 Å². The van der Waals surface area contributed by atoms with Crippen molar-refractivity contribution in [2.45, 2.75) is 57.3 Å². The minimum atomic E-state index is -4.40. The fourth-order valence-corrected chi connectivity index (χ4v) is 5.02. The molecule has 3 N–H and O–H groups in total. The lowest BCUT2D eigenvalue weighted by atomic mass is 10.1. The number of aryl methyl sites for hydroxylation is 1. The Morgan fingerprint density at radius 2 is 1.91 bits per heavy atom. The van der Waals surface area contributed by atoms with E-state index in [1.165, 1.54) is 35.0 Å². The lowest BCUT2D eigenvalue weighted by Crippen LogP contribution is -2.44. The normalized spacial score (nSPS) is 14.2. The number of nitrogens with one attached hydrogen (secondary N) is 3. The van der Waals surface area contributed by atoms with Gasteiger partial charge in [0.1, 0.15) is 17.5 Å². The number of anilines is 1. The molecular weight excluding hydrogens is 586 g/mol. The van der Waals surface area contributed by atoms with Crippen molar-refractivity contribution in [3.8, 4) is 0 Å². The summed E-state index contributed by atoms with van der Waals surface area (Å²) in [5.74, 6) is -1.47. The van der Waals surface area contributed by atoms with Crippen LogP contribution in [-0.2, 0) is 27.3 Å². The summed E-state index contributed by atoms with van der Waals surface area (Å²) >= 11 is 0. The van der Waals surface area contributed by atoms with Crippen LogP contribution in [0.25, 0.3) is 10.9 Å². The van der Waals surface area contributed by atoms with Crippen LogP contribution >= 0.6 is 0 Å². The van der Waals surface area contributed by atoms with E-state index < -0.39 is 48.4 Å². The largest absolute Gasteiger partial charge is 0.453 e. The Labute approximate surface area is 250 Å². The number of nitrogens with zero attached hydrogens (tertiary/aromatic N) is 2. The quantitative estimate of drug-likeness (QED) is 0.213. The molecule has 1 fully saturated rings. The van der Waals surface area contributed by atoms with Crippen LogP contribution in [0.3, 0.4) is 0 Å². The van der Waals surface area contributed by atoms with Gasteiger partial charge in [-0.3, -0.25) is 14.4 Å². The highest BCUT2D eigenvalue weighted by molar-refractivity contribution is 5.96. The molecule has 1 atom stereocenters. The molecule has 0 saturated carbocycles. The number of halogens is 4. The van der Waals surface area contributed by atoms with E-state index in [1.807, 2.05) is 0 Å². The van der Waals surface area contributed by atoms with Crippen LogP contribution in [0, 0.1) is 5.82 Å². The molecule has 236 valence electrons. The highest BCUT2D eigenvalue weighted by Gasteiger charge is 2.27. The second-order valence-electron chi connectivity index (χ2n) is 10.5. The maximum absolute atomic E-state index is 14.1. The van der Waals surface area contributed by atoms with Gasteiger partial charge in [0.2, 0.25) is 11.8 Å². The summed E-state index contributed by atoms with van der Waals surface area (Å²) in [6.07, 6.45) is 0.0624. The van der Waals surface area contributed by atoms with Crippen molar-refractivity contribution in [1.29, 1.82) is 0 Å². The van der Waals surface area contributed by atoms with Crippen LogP contribution in [0.1, 0.15) is 43.4 Å². The topological polar surface area (TPSA) is 126 Å². The summed E-state index contributed by atoms with van der Waals surface area (Å²) in [5.41, 5.74) is 0.273. The number of ether oxygens (including phenoxy) is 1. The Kier molecular flexibility index (Phi) is 10.4. The number of carbonyl (C=O) groups is 3. The molecule has 10 nitrogen and oxygen atoms in total. The summed E-state index contributed by atoms with van der Waals surface area (Å²) in [6, 6.07) is 5.61. The molecule has 3 amide bonds. The molecule has 0 spiro atoms. The van der Waals surface area contributed by atoms with E-state index in [2.05, 4.69) is 20.4 Å². The molecule has 3 aromatic rings. The Hall–Kier alpha value is -4.62. The minimum absolute atomic E-state index is 0.0444. The van der Waals surface area contributed by atoms with Gasteiger partial charge in [-0.2, -0.15) is 13.2 Å². The van der Waals surface area contributed by atoms with E-state index in [-0.39, 0.29) is 36.5 Å². The molecule has 1 aliphatic heterocycles. The number of likely N-dealkylation sites (tertiary alicyclic amines) is 1. The third-order valence-electron chi connectivity index (χ3n) is 7.22. The molecule has 1 aromatic carbocycles. The van der Waals surface area contributed by atoms with Gasteiger partial charge < -0.3 is 29.8 Å². The molecule has 1 unspecified atom stereocenters. The smallest absolute Gasteiger partial charge is 0.407 e. The van der Waals surface area contributed by atoms with Crippen LogP contribution in [0.15, 0.2) is 53.5 Å². The number of aromatic nitrogens is 2. The average Bonchev–Trinajstić information content (AvgIpc) is 3.65. The number of H-pyrrole nitrogens is 1. The summed E-state index contributed by atoms with van der Waals surface area (Å²) in [6.45, 7) is 1.36. The number of carbonyl (C=O) groups excluding carboxylic acids is 3. The van der Waals surface area contributed by atoms with E-state index in [0.29, 0.717) is 29.7 Å². The number of hydrogen-bond donors (Lipinski definition) is 3. The third kappa shape index (κ3) is 8.71. The SMILES string of the molecule is COC(=O)NC(CC/C=C/C(=O)N1CCCC1)C(=O)Nc1cccn(Cc2cc3cc(F)cc(CCC(F)(F)F)c3[nH]2)c1=O. The zero-order valence-corrected chi connectivity index (χ0v) is 24.0. The van der Waals surface area contributed by atoms with Crippen LogP contribution in [0.5, 0.6) is 0 Å². The molecule has 4 rings (SSSR count). The number of rotatable bonds is 11. The zero-order valence-electron chi connectivity index (χ0n) is 24.0. The first-order valence-corrected chi connectivity index (χ1v) is 14.1. The van der Waals surface area contributed by atoms with Crippen molar-refractivity contribution in [2.75, 3.05) is 25.5 Å². The van der Waals surface area contributed by atoms with Gasteiger partial charge in [-0.1, -0.05) is 6.08 Å². The summed E-state index contributed by atoms with van der Waals surface area (Å²) in [4.78, 5) is 55.1. The number of hydrogen-bond acceptors (Lipinski definition) is 5. The third-order valence-corrected chi connectivity index (χ3v) is 7.22. The second kappa shape index (κ2) is 14.2. The van der Waals surface area contributed by atoms with Gasteiger partial charge in [0, 0.05) is 42.3 Å². The van der Waals surface area contributed by atoms with Crippen molar-refractivity contribution < 1.29 is 36.7 Å². The van der Waals surface area contributed by atoms with Crippen molar-refractivity contribution >= 4 is 34.5 Å². The maximum Gasteiger partial charge on any atom is 0.407 e. The first kappa shape index (κ1) is 32.3. The summed E-state index contributed by atoms with van der Waals surface area (Å²) < 4.78 is 58.3. The molecule has 0 bridgehead atoms. The Balaban J connectivity index is 1.46. The number of pyridine rings is 1. The van der Waals surface area contributed by atoms with Crippen LogP contribution in [0.4, 0.5) is 28.0 Å². The molecule has 2 aromatic heterocycles. The summed E-state index contributed by atoms with van der Waals surface area (Å²) in [7, 11) is 1.15. The van der Waals surface area contributed by atoms with Gasteiger partial charge >= 0.3 is 12.3 Å². The van der Waals surface area contributed by atoms with Crippen LogP contribution < -0.4 is 16.2 Å². The number of amides is 3. The van der Waals surface area contributed by atoms with Gasteiger partial charge in [-0.25, -0.2) is 9.18 Å². The van der Waals surface area contributed by atoms with E-state index in [4.69, 9.17) is 0 Å². The maximum atomic E-state index is 14.1. The highest BCUT2D eigenvalue weighted by atomic mass is 19.4. The molecular formula is C30H33F4N5O5. The molecule has 0 radical (unpaired) electrons. The lowest BCUT2D eigenvalue weighted by molar-refractivity contribution is -0.134. The number of benzene rings is 1. The monoisotopic (exact) mass is 619 g/mol. The van der Waals surface area contributed by atoms with Gasteiger partial charge in [-0.05, 0) is 74.1 Å². The van der Waals surface area contributed by atoms with Crippen molar-refractivity contribution in [1.82, 2.24) is 19.8 Å². The first-order chi connectivity index (χ1) is 20.9. The lowest BCUT2D eigenvalue weighted by Gasteiger charge is -2.17. The predicted molar refractivity (Wildman–Crippen MR) is 155 cm³/mol. The zero-order chi connectivity index (χ0) is 31.9. The summed E-state index contributed by atoms with van der Waals surface area (Å²) in [5, 5.41) is 5.32. The minimum Gasteiger partial charge on any atom is -0.453 e. The van der Waals surface area contributed by atoms with Crippen molar-refractivity contribution in [2.24, 2.45) is 0 Å². The number of fused-ring (bicyclic) bond motifs is 1. The molecule has 14 heteroatoms. The molecule has 0 aliphatic carbocycles. The average molecular weight is 620 g/mol. The number of allylic oxidation sites excluding steroid dienone is 1. The van der Waals surface area contributed by atoms with Gasteiger partial charge in [-0.15, -0.1) is 0 Å². The molecule has 1 aliphatic rings. The van der Waals surface area contributed by atoms with E-state index in [1.54, 1.807) is 17.0 Å². The van der Waals surface area contributed by atoms with Gasteiger partial charge in [0.15, 0.2) is 0 Å². The fraction of sp³-hybridized carbons (Fsp3) is 0.400. The number of alkyl halides is 3. The highest BCUT2D eigenvalue weighted by Crippen LogP contribution is 2.27. The van der Waals surface area contributed by atoms with E-state index >= 15 is 0 Å². The van der Waals surface area contributed by atoms with Crippen LogP contribution in [-0.4, -0.2) is 64.8 Å². The second-order valence-corrected chi connectivity index (χ2v) is 10.5. The Morgan fingerprint density at radius 1 is 1.16 bits per heavy atom. The Bertz CT molecular complexity index is 1590. The molecule has 3 heterocycles. The van der Waals surface area contributed by atoms with E-state index in [9.17, 15) is 36.7 Å². The molecule has 1 saturated heterocycles. The van der Waals surface area contributed by atoms with Crippen molar-refractivity contribution in [3.05, 3.63) is 76.1 Å². The fourth-order valence-electron chi connectivity index (χ4n) is 5.02. The van der Waals surface area contributed by atoms with Crippen LogP contribution in [0.2, 0.25) is 0 Å². The number of aromatic amines is 1. The standard InChI is InChI=1S/C30H33F4N5O5/c1-44-29(43)37-23(7-2-3-9-25(40)38-12-4-5-13-38)27(41)36-24-8-6-14-39(28(24)42)18-22-17-20-16-21(31)15-19(26(20)35-22)10-11-30(32,33)34/h3,6,8-9,14-17,23,35H,2,4-5,7,10-13,18H2,1H3,(H,36,41)(H,37,43)/b9-3+. The predicted octanol–water partition coefficient (Wildman–Crippen LogP) is 4.63. The number of methoxy groups -OCH3 is 1.